The van der Waals surface area contributed by atoms with Gasteiger partial charge in [-0.05, 0) is 43.3 Å². The molecule has 0 aliphatic carbocycles. The topological polar surface area (TPSA) is 79.9 Å². The Hall–Kier alpha value is -4.11. The van der Waals surface area contributed by atoms with Gasteiger partial charge in [-0.3, -0.25) is 10.1 Å². The molecule has 0 fully saturated rings. The number of amides is 1. The summed E-state index contributed by atoms with van der Waals surface area (Å²) in [5.74, 6) is 0.806. The van der Waals surface area contributed by atoms with E-state index in [1.807, 2.05) is 54.0 Å². The fourth-order valence-electron chi connectivity index (χ4n) is 3.31. The van der Waals surface area contributed by atoms with Crippen molar-refractivity contribution in [1.82, 2.24) is 9.55 Å². The molecule has 4 rings (SSSR count). The molecule has 0 saturated heterocycles. The molecule has 0 unspecified atom stereocenters. The summed E-state index contributed by atoms with van der Waals surface area (Å²) in [5, 5.41) is 12.1. The molecule has 148 valence electrons. The average Bonchev–Trinajstić information content (AvgIpc) is 3.14. The molecule has 0 radical (unpaired) electrons. The van der Waals surface area contributed by atoms with Crippen LogP contribution in [0, 0.1) is 11.3 Å². The van der Waals surface area contributed by atoms with Gasteiger partial charge in [0, 0.05) is 17.7 Å². The number of para-hydroxylation sites is 2. The number of rotatable bonds is 6. The Kier molecular flexibility index (Phi) is 5.44. The number of ether oxygens (including phenoxy) is 1. The number of nitriles is 1. The van der Waals surface area contributed by atoms with Crippen molar-refractivity contribution in [3.63, 3.8) is 0 Å². The largest absolute Gasteiger partial charge is 0.489 e. The van der Waals surface area contributed by atoms with Crippen molar-refractivity contribution in [2.45, 2.75) is 20.1 Å². The minimum absolute atomic E-state index is 0.250. The number of anilines is 1. The first-order valence-electron chi connectivity index (χ1n) is 9.67. The van der Waals surface area contributed by atoms with Gasteiger partial charge >= 0.3 is 0 Å². The van der Waals surface area contributed by atoms with Crippen molar-refractivity contribution >= 4 is 22.9 Å². The first-order chi connectivity index (χ1) is 14.7. The van der Waals surface area contributed by atoms with Crippen LogP contribution in [-0.2, 0) is 13.2 Å². The lowest BCUT2D eigenvalue weighted by Crippen LogP contribution is -2.15. The Morgan fingerprint density at radius 2 is 1.90 bits per heavy atom. The van der Waals surface area contributed by atoms with Crippen molar-refractivity contribution in [2.75, 3.05) is 5.32 Å². The standard InChI is InChI=1S/C24H20N4O2/c1-2-28-22-13-6-5-12-21(22)26-24(28)27-23(29)17-10-7-11-20(14-17)30-16-19-9-4-3-8-18(19)15-25/h3-14H,2,16H2,1H3,(H,26,27,29). The van der Waals surface area contributed by atoms with Crippen LogP contribution in [0.1, 0.15) is 28.4 Å². The summed E-state index contributed by atoms with van der Waals surface area (Å²) in [4.78, 5) is 17.4. The fraction of sp³-hybridized carbons (Fsp3) is 0.125. The first kappa shape index (κ1) is 19.2. The molecule has 1 N–H and O–H groups in total. The smallest absolute Gasteiger partial charge is 0.258 e. The molecule has 6 nitrogen and oxygen atoms in total. The molecule has 0 atom stereocenters. The van der Waals surface area contributed by atoms with Gasteiger partial charge in [-0.25, -0.2) is 4.98 Å². The summed E-state index contributed by atoms with van der Waals surface area (Å²) in [7, 11) is 0. The average molecular weight is 396 g/mol. The number of aryl methyl sites for hydroxylation is 1. The lowest BCUT2D eigenvalue weighted by molar-refractivity contribution is 0.102. The Bertz CT molecular complexity index is 1250. The maximum absolute atomic E-state index is 12.8. The molecule has 0 saturated carbocycles. The summed E-state index contributed by atoms with van der Waals surface area (Å²) in [6.07, 6.45) is 0. The monoisotopic (exact) mass is 396 g/mol. The number of imidazole rings is 1. The summed E-state index contributed by atoms with van der Waals surface area (Å²) >= 11 is 0. The zero-order valence-electron chi connectivity index (χ0n) is 16.5. The van der Waals surface area contributed by atoms with Crippen molar-refractivity contribution in [3.05, 3.63) is 89.5 Å². The van der Waals surface area contributed by atoms with Gasteiger partial charge in [0.1, 0.15) is 12.4 Å². The van der Waals surface area contributed by atoms with E-state index in [-0.39, 0.29) is 12.5 Å². The number of hydrogen-bond donors (Lipinski definition) is 1. The quantitative estimate of drug-likeness (QED) is 0.510. The summed E-state index contributed by atoms with van der Waals surface area (Å²) in [6.45, 7) is 2.95. The van der Waals surface area contributed by atoms with Crippen LogP contribution >= 0.6 is 0 Å². The lowest BCUT2D eigenvalue weighted by Gasteiger charge is -2.10. The minimum Gasteiger partial charge on any atom is -0.489 e. The Morgan fingerprint density at radius 1 is 1.10 bits per heavy atom. The van der Waals surface area contributed by atoms with E-state index in [0.717, 1.165) is 16.6 Å². The van der Waals surface area contributed by atoms with E-state index >= 15 is 0 Å². The fourth-order valence-corrected chi connectivity index (χ4v) is 3.31. The van der Waals surface area contributed by atoms with Gasteiger partial charge < -0.3 is 9.30 Å². The van der Waals surface area contributed by atoms with Crippen LogP contribution in [0.15, 0.2) is 72.8 Å². The van der Waals surface area contributed by atoms with E-state index in [0.29, 0.717) is 29.4 Å². The molecule has 6 heteroatoms. The van der Waals surface area contributed by atoms with Crippen LogP contribution < -0.4 is 10.1 Å². The zero-order valence-corrected chi connectivity index (χ0v) is 16.5. The second-order valence-corrected chi connectivity index (χ2v) is 6.71. The number of nitrogens with one attached hydrogen (secondary N) is 1. The maximum atomic E-state index is 12.8. The molecule has 4 aromatic rings. The second-order valence-electron chi connectivity index (χ2n) is 6.71. The molecule has 0 bridgehead atoms. The third kappa shape index (κ3) is 3.87. The summed E-state index contributed by atoms with van der Waals surface area (Å²) < 4.78 is 7.78. The molecule has 3 aromatic carbocycles. The van der Waals surface area contributed by atoms with Gasteiger partial charge in [0.2, 0.25) is 5.95 Å². The maximum Gasteiger partial charge on any atom is 0.258 e. The second kappa shape index (κ2) is 8.50. The van der Waals surface area contributed by atoms with Gasteiger partial charge in [-0.1, -0.05) is 36.4 Å². The molecule has 1 heterocycles. The van der Waals surface area contributed by atoms with Gasteiger partial charge in [-0.2, -0.15) is 5.26 Å². The van der Waals surface area contributed by atoms with Crippen LogP contribution in [0.3, 0.4) is 0 Å². The highest BCUT2D eigenvalue weighted by molar-refractivity contribution is 6.04. The van der Waals surface area contributed by atoms with E-state index in [1.165, 1.54) is 0 Å². The van der Waals surface area contributed by atoms with Crippen LogP contribution in [-0.4, -0.2) is 15.5 Å². The molecule has 0 spiro atoms. The van der Waals surface area contributed by atoms with E-state index in [9.17, 15) is 10.1 Å². The van der Waals surface area contributed by atoms with Gasteiger partial charge in [0.05, 0.1) is 22.7 Å². The van der Waals surface area contributed by atoms with Crippen molar-refractivity contribution in [1.29, 1.82) is 5.26 Å². The van der Waals surface area contributed by atoms with E-state index in [4.69, 9.17) is 4.74 Å². The normalized spacial score (nSPS) is 10.5. The predicted octanol–water partition coefficient (Wildman–Crippen LogP) is 4.76. The van der Waals surface area contributed by atoms with Crippen LogP contribution in [0.25, 0.3) is 11.0 Å². The highest BCUT2D eigenvalue weighted by Crippen LogP contribution is 2.21. The third-order valence-electron chi connectivity index (χ3n) is 4.82. The Balaban J connectivity index is 1.51. The SMILES string of the molecule is CCn1c(NC(=O)c2cccc(OCc3ccccc3C#N)c2)nc2ccccc21. The number of hydrogen-bond acceptors (Lipinski definition) is 4. The number of aromatic nitrogens is 2. The highest BCUT2D eigenvalue weighted by Gasteiger charge is 2.14. The highest BCUT2D eigenvalue weighted by atomic mass is 16.5. The predicted molar refractivity (Wildman–Crippen MR) is 115 cm³/mol. The Labute approximate surface area is 174 Å². The van der Waals surface area contributed by atoms with Crippen molar-refractivity contribution in [2.24, 2.45) is 0 Å². The Morgan fingerprint density at radius 3 is 2.73 bits per heavy atom. The number of carbonyl (C=O) groups excluding carboxylic acids is 1. The molecule has 1 amide bonds. The molecule has 1 aromatic heterocycles. The summed E-state index contributed by atoms with van der Waals surface area (Å²) in [5.41, 5.74) is 3.65. The van der Waals surface area contributed by atoms with Gasteiger partial charge in [-0.15, -0.1) is 0 Å². The number of carbonyl (C=O) groups is 1. The molecular weight excluding hydrogens is 376 g/mol. The number of nitrogens with zero attached hydrogens (tertiary/aromatic N) is 3. The van der Waals surface area contributed by atoms with E-state index in [1.54, 1.807) is 30.3 Å². The van der Waals surface area contributed by atoms with Gasteiger partial charge in [0.15, 0.2) is 0 Å². The summed E-state index contributed by atoms with van der Waals surface area (Å²) in [6, 6.07) is 24.2. The molecule has 30 heavy (non-hydrogen) atoms. The number of fused-ring (bicyclic) bond motifs is 1. The zero-order chi connectivity index (χ0) is 20.9. The van der Waals surface area contributed by atoms with E-state index < -0.39 is 0 Å². The van der Waals surface area contributed by atoms with Crippen LogP contribution in [0.2, 0.25) is 0 Å². The molecule has 0 aliphatic rings. The first-order valence-corrected chi connectivity index (χ1v) is 9.67. The van der Waals surface area contributed by atoms with E-state index in [2.05, 4.69) is 16.4 Å². The third-order valence-corrected chi connectivity index (χ3v) is 4.82. The van der Waals surface area contributed by atoms with Gasteiger partial charge in [0.25, 0.3) is 5.91 Å². The van der Waals surface area contributed by atoms with Crippen molar-refractivity contribution < 1.29 is 9.53 Å². The van der Waals surface area contributed by atoms with Crippen LogP contribution in [0.4, 0.5) is 5.95 Å². The van der Waals surface area contributed by atoms with Crippen molar-refractivity contribution in [3.8, 4) is 11.8 Å². The number of benzene rings is 3. The van der Waals surface area contributed by atoms with Crippen LogP contribution in [0.5, 0.6) is 5.75 Å². The molecule has 0 aliphatic heterocycles. The lowest BCUT2D eigenvalue weighted by atomic mass is 10.1. The molecular formula is C24H20N4O2. The minimum atomic E-state index is -0.261.